The molecule has 3 atom stereocenters. The quantitative estimate of drug-likeness (QED) is 0.688. The fourth-order valence-electron chi connectivity index (χ4n) is 2.88. The molecule has 0 radical (unpaired) electrons. The second kappa shape index (κ2) is 8.07. The molecule has 3 nitrogen and oxygen atoms in total. The van der Waals surface area contributed by atoms with Crippen LogP contribution in [0.25, 0.3) is 0 Å². The van der Waals surface area contributed by atoms with Gasteiger partial charge in [0.05, 0.1) is 12.7 Å². The summed E-state index contributed by atoms with van der Waals surface area (Å²) in [5, 5.41) is 0. The molecule has 1 aliphatic heterocycles. The molecule has 1 aliphatic rings. The number of hydrogen-bond acceptors (Lipinski definition) is 3. The zero-order valence-corrected chi connectivity index (χ0v) is 16.0. The molecule has 0 aromatic heterocycles. The van der Waals surface area contributed by atoms with E-state index in [9.17, 15) is 0 Å². The minimum atomic E-state index is -0.387. The number of ether oxygens (including phenoxy) is 3. The van der Waals surface area contributed by atoms with Gasteiger partial charge < -0.3 is 14.2 Å². The minimum Gasteiger partial charge on any atom is -0.461 e. The average molecular weight is 352 g/mol. The number of hydrogen-bond donors (Lipinski definition) is 0. The van der Waals surface area contributed by atoms with E-state index in [1.807, 2.05) is 49.4 Å². The van der Waals surface area contributed by atoms with Gasteiger partial charge in [0.2, 0.25) is 6.29 Å². The van der Waals surface area contributed by atoms with E-state index in [2.05, 4.69) is 45.0 Å². The van der Waals surface area contributed by atoms with Crippen LogP contribution in [0.15, 0.2) is 66.7 Å². The lowest BCUT2D eigenvalue weighted by Crippen LogP contribution is -2.37. The highest BCUT2D eigenvalue weighted by Crippen LogP contribution is 2.26. The summed E-state index contributed by atoms with van der Waals surface area (Å²) < 4.78 is 17.9. The Morgan fingerprint density at radius 2 is 1.62 bits per heavy atom. The maximum absolute atomic E-state index is 5.97. The van der Waals surface area contributed by atoms with Gasteiger partial charge in [0, 0.05) is 0 Å². The summed E-state index contributed by atoms with van der Waals surface area (Å²) >= 11 is 0. The Hall–Kier alpha value is -2.10. The van der Waals surface area contributed by atoms with Crippen LogP contribution in [-0.2, 0) is 21.5 Å². The van der Waals surface area contributed by atoms with Crippen LogP contribution >= 0.6 is 0 Å². The van der Waals surface area contributed by atoms with Gasteiger partial charge in [0.1, 0.15) is 11.9 Å². The third-order valence-electron chi connectivity index (χ3n) is 4.53. The molecule has 0 N–H and O–H groups in total. The summed E-state index contributed by atoms with van der Waals surface area (Å²) in [6.07, 6.45) is 3.43. The van der Waals surface area contributed by atoms with Crippen molar-refractivity contribution >= 4 is 0 Å². The summed E-state index contributed by atoms with van der Waals surface area (Å²) in [4.78, 5) is 0. The largest absolute Gasteiger partial charge is 0.461 e. The molecule has 0 unspecified atom stereocenters. The predicted molar refractivity (Wildman–Crippen MR) is 104 cm³/mol. The van der Waals surface area contributed by atoms with Crippen LogP contribution < -0.4 is 4.74 Å². The van der Waals surface area contributed by atoms with Gasteiger partial charge in [-0.25, -0.2) is 0 Å². The number of rotatable bonds is 5. The van der Waals surface area contributed by atoms with Crippen LogP contribution in [0.3, 0.4) is 0 Å². The first-order chi connectivity index (χ1) is 12.4. The van der Waals surface area contributed by atoms with Crippen molar-refractivity contribution < 1.29 is 14.2 Å². The SMILES string of the molecule is C[C@@H]1O[C@H](Oc2ccc(C(C)(C)C)cc2)C=C[C@H]1OCc1ccccc1. The van der Waals surface area contributed by atoms with Crippen molar-refractivity contribution in [3.8, 4) is 5.75 Å². The van der Waals surface area contributed by atoms with Gasteiger partial charge in [-0.3, -0.25) is 0 Å². The van der Waals surface area contributed by atoms with E-state index >= 15 is 0 Å². The lowest BCUT2D eigenvalue weighted by Gasteiger charge is -2.30. The second-order valence-electron chi connectivity index (χ2n) is 7.75. The standard InChI is InChI=1S/C23H28O3/c1-17-21(24-16-18-8-6-5-7-9-18)14-15-22(25-17)26-20-12-10-19(11-13-20)23(2,3)4/h5-15,17,21-22H,16H2,1-4H3/t17-,21+,22+/m0/s1. The molecule has 0 saturated carbocycles. The first kappa shape index (κ1) is 18.7. The number of benzene rings is 2. The lowest BCUT2D eigenvalue weighted by molar-refractivity contribution is -0.137. The zero-order valence-electron chi connectivity index (χ0n) is 16.0. The van der Waals surface area contributed by atoms with Gasteiger partial charge in [-0.15, -0.1) is 0 Å². The van der Waals surface area contributed by atoms with Crippen LogP contribution in [0.4, 0.5) is 0 Å². The average Bonchev–Trinajstić information content (AvgIpc) is 2.62. The topological polar surface area (TPSA) is 27.7 Å². The summed E-state index contributed by atoms with van der Waals surface area (Å²) in [6, 6.07) is 18.4. The third kappa shape index (κ3) is 4.96. The molecular formula is C23H28O3. The Balaban J connectivity index is 1.55. The summed E-state index contributed by atoms with van der Waals surface area (Å²) in [5.74, 6) is 0.809. The molecule has 3 heteroatoms. The van der Waals surface area contributed by atoms with E-state index in [-0.39, 0.29) is 23.9 Å². The summed E-state index contributed by atoms with van der Waals surface area (Å²) in [5.41, 5.74) is 2.58. The van der Waals surface area contributed by atoms with Crippen molar-refractivity contribution in [3.05, 3.63) is 77.9 Å². The van der Waals surface area contributed by atoms with E-state index in [1.165, 1.54) is 5.56 Å². The van der Waals surface area contributed by atoms with Crippen molar-refractivity contribution in [1.82, 2.24) is 0 Å². The Morgan fingerprint density at radius 3 is 2.23 bits per heavy atom. The normalized spacial score (nSPS) is 23.0. The lowest BCUT2D eigenvalue weighted by atomic mass is 9.87. The first-order valence-corrected chi connectivity index (χ1v) is 9.18. The molecule has 3 rings (SSSR count). The molecule has 138 valence electrons. The highest BCUT2D eigenvalue weighted by atomic mass is 16.7. The molecule has 2 aromatic carbocycles. The van der Waals surface area contributed by atoms with Crippen molar-refractivity contribution in [2.24, 2.45) is 0 Å². The van der Waals surface area contributed by atoms with Crippen LogP contribution in [0.1, 0.15) is 38.8 Å². The summed E-state index contributed by atoms with van der Waals surface area (Å²) in [7, 11) is 0. The Bertz CT molecular complexity index is 713. The maximum atomic E-state index is 5.97. The monoisotopic (exact) mass is 352 g/mol. The molecule has 0 bridgehead atoms. The molecule has 1 heterocycles. The molecule has 2 aromatic rings. The highest BCUT2D eigenvalue weighted by Gasteiger charge is 2.25. The smallest absolute Gasteiger partial charge is 0.220 e. The van der Waals surface area contributed by atoms with E-state index in [1.54, 1.807) is 0 Å². The van der Waals surface area contributed by atoms with Crippen molar-refractivity contribution in [3.63, 3.8) is 0 Å². The minimum absolute atomic E-state index is 0.0671. The van der Waals surface area contributed by atoms with Crippen LogP contribution in [0.2, 0.25) is 0 Å². The molecule has 0 aliphatic carbocycles. The third-order valence-corrected chi connectivity index (χ3v) is 4.53. The van der Waals surface area contributed by atoms with Crippen LogP contribution in [0, 0.1) is 0 Å². The summed E-state index contributed by atoms with van der Waals surface area (Å²) in [6.45, 7) is 9.19. The zero-order chi connectivity index (χ0) is 18.6. The van der Waals surface area contributed by atoms with Gasteiger partial charge in [-0.1, -0.05) is 69.3 Å². The van der Waals surface area contributed by atoms with E-state index in [4.69, 9.17) is 14.2 Å². The second-order valence-corrected chi connectivity index (χ2v) is 7.75. The van der Waals surface area contributed by atoms with E-state index in [0.717, 1.165) is 11.3 Å². The van der Waals surface area contributed by atoms with E-state index < -0.39 is 0 Å². The molecule has 26 heavy (non-hydrogen) atoms. The van der Waals surface area contributed by atoms with Crippen LogP contribution in [0.5, 0.6) is 5.75 Å². The Kier molecular flexibility index (Phi) is 5.80. The maximum Gasteiger partial charge on any atom is 0.220 e. The van der Waals surface area contributed by atoms with Gasteiger partial charge in [0.25, 0.3) is 0 Å². The Labute approximate surface area is 156 Å². The van der Waals surface area contributed by atoms with Crippen LogP contribution in [-0.4, -0.2) is 18.5 Å². The van der Waals surface area contributed by atoms with Crippen molar-refractivity contribution in [1.29, 1.82) is 0 Å². The van der Waals surface area contributed by atoms with Gasteiger partial charge >= 0.3 is 0 Å². The first-order valence-electron chi connectivity index (χ1n) is 9.18. The predicted octanol–water partition coefficient (Wildman–Crippen LogP) is 5.25. The van der Waals surface area contributed by atoms with Crippen molar-refractivity contribution in [2.75, 3.05) is 0 Å². The Morgan fingerprint density at radius 1 is 0.923 bits per heavy atom. The highest BCUT2D eigenvalue weighted by molar-refractivity contribution is 5.31. The molecule has 0 amide bonds. The fraction of sp³-hybridized carbons (Fsp3) is 0.391. The molecule has 0 saturated heterocycles. The fourth-order valence-corrected chi connectivity index (χ4v) is 2.88. The molecule has 0 fully saturated rings. The molecule has 0 spiro atoms. The van der Waals surface area contributed by atoms with E-state index in [0.29, 0.717) is 6.61 Å². The van der Waals surface area contributed by atoms with Gasteiger partial charge in [-0.05, 0) is 41.7 Å². The van der Waals surface area contributed by atoms with Gasteiger partial charge in [0.15, 0.2) is 0 Å². The molecular weight excluding hydrogens is 324 g/mol. The van der Waals surface area contributed by atoms with Gasteiger partial charge in [-0.2, -0.15) is 0 Å². The van der Waals surface area contributed by atoms with Crippen molar-refractivity contribution in [2.45, 2.75) is 58.2 Å².